The summed E-state index contributed by atoms with van der Waals surface area (Å²) in [5.41, 5.74) is -0.665. The van der Waals surface area contributed by atoms with Gasteiger partial charge in [0.1, 0.15) is 0 Å². The summed E-state index contributed by atoms with van der Waals surface area (Å²) < 4.78 is 6.24. The zero-order chi connectivity index (χ0) is 10.9. The van der Waals surface area contributed by atoms with Crippen molar-refractivity contribution < 1.29 is 9.84 Å². The van der Waals surface area contributed by atoms with E-state index in [2.05, 4.69) is 15.9 Å². The van der Waals surface area contributed by atoms with Crippen molar-refractivity contribution in [2.75, 3.05) is 13.7 Å². The zero-order valence-electron chi connectivity index (χ0n) is 8.70. The Kier molecular flexibility index (Phi) is 3.50. The number of aliphatic hydroxyl groups is 1. The van der Waals surface area contributed by atoms with Crippen molar-refractivity contribution in [3.63, 3.8) is 0 Å². The SMILES string of the molecule is COCC(O)(Cc1sccc1Br)C1CC1. The second-order valence-electron chi connectivity index (χ2n) is 4.18. The molecule has 0 radical (unpaired) electrons. The first-order valence-corrected chi connectivity index (χ1v) is 6.76. The summed E-state index contributed by atoms with van der Waals surface area (Å²) in [6, 6.07) is 2.03. The minimum Gasteiger partial charge on any atom is -0.387 e. The predicted molar refractivity (Wildman–Crippen MR) is 65.3 cm³/mol. The summed E-state index contributed by atoms with van der Waals surface area (Å²) in [6.07, 6.45) is 2.95. The monoisotopic (exact) mass is 290 g/mol. The minimum atomic E-state index is -0.665. The van der Waals surface area contributed by atoms with Crippen molar-refractivity contribution in [3.8, 4) is 0 Å². The molecule has 1 fully saturated rings. The van der Waals surface area contributed by atoms with Crippen LogP contribution in [0.4, 0.5) is 0 Å². The normalized spacial score (nSPS) is 20.2. The van der Waals surface area contributed by atoms with Gasteiger partial charge in [0.05, 0.1) is 12.2 Å². The van der Waals surface area contributed by atoms with Gasteiger partial charge in [-0.15, -0.1) is 11.3 Å². The van der Waals surface area contributed by atoms with Gasteiger partial charge in [0, 0.05) is 22.9 Å². The van der Waals surface area contributed by atoms with E-state index in [1.165, 1.54) is 4.88 Å². The van der Waals surface area contributed by atoms with Crippen LogP contribution in [0.5, 0.6) is 0 Å². The molecule has 15 heavy (non-hydrogen) atoms. The second kappa shape index (κ2) is 4.53. The quantitative estimate of drug-likeness (QED) is 0.904. The van der Waals surface area contributed by atoms with Crippen molar-refractivity contribution in [2.24, 2.45) is 5.92 Å². The highest BCUT2D eigenvalue weighted by atomic mass is 79.9. The molecule has 1 atom stereocenters. The largest absolute Gasteiger partial charge is 0.387 e. The Morgan fingerprint density at radius 3 is 2.87 bits per heavy atom. The van der Waals surface area contributed by atoms with Crippen LogP contribution in [0.1, 0.15) is 17.7 Å². The summed E-state index contributed by atoms with van der Waals surface area (Å²) in [5.74, 6) is 0.423. The molecule has 0 aliphatic heterocycles. The lowest BCUT2D eigenvalue weighted by Crippen LogP contribution is -2.39. The average molecular weight is 291 g/mol. The predicted octanol–water partition coefficient (Wildman–Crippen LogP) is 2.84. The Morgan fingerprint density at radius 1 is 1.67 bits per heavy atom. The molecule has 4 heteroatoms. The third-order valence-corrected chi connectivity index (χ3v) is 4.82. The first-order chi connectivity index (χ1) is 7.15. The van der Waals surface area contributed by atoms with Crippen LogP contribution in [0.3, 0.4) is 0 Å². The van der Waals surface area contributed by atoms with Crippen molar-refractivity contribution in [3.05, 3.63) is 20.8 Å². The number of ether oxygens (including phenoxy) is 1. The van der Waals surface area contributed by atoms with Crippen LogP contribution in [-0.2, 0) is 11.2 Å². The fourth-order valence-electron chi connectivity index (χ4n) is 1.91. The molecule has 84 valence electrons. The summed E-state index contributed by atoms with van der Waals surface area (Å²) in [4.78, 5) is 1.21. The van der Waals surface area contributed by atoms with E-state index < -0.39 is 5.60 Å². The van der Waals surface area contributed by atoms with Crippen molar-refractivity contribution in [2.45, 2.75) is 24.9 Å². The fraction of sp³-hybridized carbons (Fsp3) is 0.636. The van der Waals surface area contributed by atoms with Gasteiger partial charge in [0.15, 0.2) is 0 Å². The molecule has 1 saturated carbocycles. The van der Waals surface area contributed by atoms with Gasteiger partial charge in [0.2, 0.25) is 0 Å². The first kappa shape index (κ1) is 11.6. The van der Waals surface area contributed by atoms with Crippen LogP contribution in [0, 0.1) is 5.92 Å². The molecule has 0 aromatic carbocycles. The van der Waals surface area contributed by atoms with Gasteiger partial charge in [-0.25, -0.2) is 0 Å². The first-order valence-electron chi connectivity index (χ1n) is 5.09. The highest BCUT2D eigenvalue weighted by Gasteiger charge is 2.44. The number of thiophene rings is 1. The fourth-order valence-corrected chi connectivity index (χ4v) is 3.52. The van der Waals surface area contributed by atoms with Crippen LogP contribution in [-0.4, -0.2) is 24.4 Å². The lowest BCUT2D eigenvalue weighted by Gasteiger charge is -2.27. The van der Waals surface area contributed by atoms with E-state index in [0.717, 1.165) is 17.3 Å². The lowest BCUT2D eigenvalue weighted by atomic mass is 9.94. The number of methoxy groups -OCH3 is 1. The highest BCUT2D eigenvalue weighted by Crippen LogP contribution is 2.43. The highest BCUT2D eigenvalue weighted by molar-refractivity contribution is 9.10. The summed E-state index contributed by atoms with van der Waals surface area (Å²) in [7, 11) is 1.65. The lowest BCUT2D eigenvalue weighted by molar-refractivity contribution is -0.0470. The Bertz CT molecular complexity index is 335. The zero-order valence-corrected chi connectivity index (χ0v) is 11.1. The Morgan fingerprint density at radius 2 is 2.40 bits per heavy atom. The van der Waals surface area contributed by atoms with Crippen LogP contribution in [0.25, 0.3) is 0 Å². The molecular weight excluding hydrogens is 276 g/mol. The second-order valence-corrected chi connectivity index (χ2v) is 6.03. The number of rotatable bonds is 5. The van der Waals surface area contributed by atoms with Gasteiger partial charge in [-0.3, -0.25) is 0 Å². The van der Waals surface area contributed by atoms with E-state index in [1.54, 1.807) is 18.4 Å². The van der Waals surface area contributed by atoms with E-state index in [0.29, 0.717) is 18.9 Å². The maximum Gasteiger partial charge on any atom is 0.0956 e. The van der Waals surface area contributed by atoms with Crippen LogP contribution in [0.2, 0.25) is 0 Å². The Hall–Kier alpha value is 0.100. The van der Waals surface area contributed by atoms with Gasteiger partial charge >= 0.3 is 0 Å². The molecule has 1 aliphatic rings. The molecule has 1 aromatic heterocycles. The molecule has 1 N–H and O–H groups in total. The van der Waals surface area contributed by atoms with E-state index in [4.69, 9.17) is 4.74 Å². The van der Waals surface area contributed by atoms with Gasteiger partial charge < -0.3 is 9.84 Å². The smallest absolute Gasteiger partial charge is 0.0956 e. The van der Waals surface area contributed by atoms with Gasteiger partial charge in [-0.05, 0) is 46.1 Å². The molecule has 0 bridgehead atoms. The number of hydrogen-bond acceptors (Lipinski definition) is 3. The van der Waals surface area contributed by atoms with Crippen LogP contribution >= 0.6 is 27.3 Å². The maximum absolute atomic E-state index is 10.5. The third kappa shape index (κ3) is 2.61. The maximum atomic E-state index is 10.5. The van der Waals surface area contributed by atoms with E-state index in [1.807, 2.05) is 11.4 Å². The van der Waals surface area contributed by atoms with E-state index in [9.17, 15) is 5.11 Å². The van der Waals surface area contributed by atoms with Crippen molar-refractivity contribution >= 4 is 27.3 Å². The topological polar surface area (TPSA) is 29.5 Å². The number of halogens is 1. The summed E-state index contributed by atoms with van der Waals surface area (Å²) in [6.45, 7) is 0.433. The molecule has 1 heterocycles. The Balaban J connectivity index is 2.09. The van der Waals surface area contributed by atoms with Crippen molar-refractivity contribution in [1.29, 1.82) is 0 Å². The molecule has 1 aromatic rings. The van der Waals surface area contributed by atoms with Crippen molar-refractivity contribution in [1.82, 2.24) is 0 Å². The molecule has 2 rings (SSSR count). The molecule has 0 spiro atoms. The van der Waals surface area contributed by atoms with E-state index in [-0.39, 0.29) is 0 Å². The molecule has 1 aliphatic carbocycles. The van der Waals surface area contributed by atoms with Crippen LogP contribution < -0.4 is 0 Å². The van der Waals surface area contributed by atoms with E-state index >= 15 is 0 Å². The molecule has 0 amide bonds. The van der Waals surface area contributed by atoms with Gasteiger partial charge in [-0.1, -0.05) is 0 Å². The average Bonchev–Trinajstić information content (AvgIpc) is 2.95. The molecule has 2 nitrogen and oxygen atoms in total. The van der Waals surface area contributed by atoms with Gasteiger partial charge in [0.25, 0.3) is 0 Å². The summed E-state index contributed by atoms with van der Waals surface area (Å²) in [5, 5.41) is 12.5. The Labute approximate surface area is 102 Å². The van der Waals surface area contributed by atoms with Gasteiger partial charge in [-0.2, -0.15) is 0 Å². The minimum absolute atomic E-state index is 0.423. The third-order valence-electron chi connectivity index (χ3n) is 2.89. The standard InChI is InChI=1S/C11H15BrO2S/c1-14-7-11(13,8-2-3-8)6-10-9(12)4-5-15-10/h4-5,8,13H,2-3,6-7H2,1H3. The summed E-state index contributed by atoms with van der Waals surface area (Å²) >= 11 is 5.18. The molecule has 1 unspecified atom stereocenters. The molecular formula is C11H15BrO2S. The molecule has 0 saturated heterocycles. The number of hydrogen-bond donors (Lipinski definition) is 1. The van der Waals surface area contributed by atoms with Crippen LogP contribution in [0.15, 0.2) is 15.9 Å².